The van der Waals surface area contributed by atoms with Gasteiger partial charge in [-0.05, 0) is 31.1 Å². The molecule has 3 heteroatoms. The van der Waals surface area contributed by atoms with Gasteiger partial charge in [0.1, 0.15) is 0 Å². The second kappa shape index (κ2) is 10.8. The number of hydrogen-bond acceptors (Lipinski definition) is 3. The maximum atomic E-state index is 8.77. The fourth-order valence-electron chi connectivity index (χ4n) is 2.38. The molecular formula is C15H24N2O. The summed E-state index contributed by atoms with van der Waals surface area (Å²) in [4.78, 5) is 0. The van der Waals surface area contributed by atoms with E-state index < -0.39 is 0 Å². The third-order valence-corrected chi connectivity index (χ3v) is 3.33. The lowest BCUT2D eigenvalue weighted by Gasteiger charge is -2.32. The Kier molecular flexibility index (Phi) is 10.0. The van der Waals surface area contributed by atoms with Crippen LogP contribution in [0.15, 0.2) is 12.7 Å². The Hall–Kier alpha value is -1.32. The molecule has 0 saturated carbocycles. The molecule has 0 aromatic carbocycles. The number of nitriles is 2. The van der Waals surface area contributed by atoms with Crippen molar-refractivity contribution in [1.82, 2.24) is 0 Å². The SMILES string of the molecule is C=CCOCCC(CCC)(CCC#N)CCC#N. The first-order valence-electron chi connectivity index (χ1n) is 6.67. The molecule has 0 aliphatic heterocycles. The fourth-order valence-corrected chi connectivity index (χ4v) is 2.38. The second-order valence-corrected chi connectivity index (χ2v) is 4.68. The van der Waals surface area contributed by atoms with Gasteiger partial charge in [0.05, 0.1) is 18.7 Å². The summed E-state index contributed by atoms with van der Waals surface area (Å²) >= 11 is 0. The summed E-state index contributed by atoms with van der Waals surface area (Å²) in [6.45, 7) is 7.02. The van der Waals surface area contributed by atoms with Gasteiger partial charge in [-0.15, -0.1) is 6.58 Å². The molecule has 0 amide bonds. The topological polar surface area (TPSA) is 56.8 Å². The van der Waals surface area contributed by atoms with Crippen molar-refractivity contribution < 1.29 is 4.74 Å². The molecule has 0 fully saturated rings. The Labute approximate surface area is 111 Å². The van der Waals surface area contributed by atoms with E-state index in [0.29, 0.717) is 26.1 Å². The summed E-state index contributed by atoms with van der Waals surface area (Å²) in [6.07, 6.45) is 7.68. The Morgan fingerprint density at radius 3 is 2.17 bits per heavy atom. The highest BCUT2D eigenvalue weighted by molar-refractivity contribution is 4.87. The van der Waals surface area contributed by atoms with Crippen molar-refractivity contribution in [2.75, 3.05) is 13.2 Å². The summed E-state index contributed by atoms with van der Waals surface area (Å²) in [7, 11) is 0. The van der Waals surface area contributed by atoms with Crippen LogP contribution in [0.5, 0.6) is 0 Å². The largest absolute Gasteiger partial charge is 0.377 e. The summed E-state index contributed by atoms with van der Waals surface area (Å²) in [6, 6.07) is 4.44. The van der Waals surface area contributed by atoms with Crippen molar-refractivity contribution in [3.63, 3.8) is 0 Å². The molecule has 0 N–H and O–H groups in total. The van der Waals surface area contributed by atoms with Gasteiger partial charge in [-0.1, -0.05) is 19.4 Å². The van der Waals surface area contributed by atoms with E-state index >= 15 is 0 Å². The van der Waals surface area contributed by atoms with Crippen LogP contribution in [0.3, 0.4) is 0 Å². The molecular weight excluding hydrogens is 224 g/mol. The zero-order chi connectivity index (χ0) is 13.7. The van der Waals surface area contributed by atoms with Crippen LogP contribution in [-0.2, 0) is 4.74 Å². The van der Waals surface area contributed by atoms with E-state index in [-0.39, 0.29) is 5.41 Å². The van der Waals surface area contributed by atoms with E-state index in [1.807, 2.05) is 0 Å². The Balaban J connectivity index is 4.44. The Morgan fingerprint density at radius 2 is 1.72 bits per heavy atom. The molecule has 0 aliphatic carbocycles. The highest BCUT2D eigenvalue weighted by Crippen LogP contribution is 2.38. The van der Waals surface area contributed by atoms with Gasteiger partial charge >= 0.3 is 0 Å². The molecule has 0 aliphatic rings. The van der Waals surface area contributed by atoms with Gasteiger partial charge in [-0.25, -0.2) is 0 Å². The zero-order valence-electron chi connectivity index (χ0n) is 11.5. The van der Waals surface area contributed by atoms with Crippen LogP contribution < -0.4 is 0 Å². The van der Waals surface area contributed by atoms with E-state index in [2.05, 4.69) is 25.6 Å². The first-order chi connectivity index (χ1) is 8.74. The molecule has 0 aromatic heterocycles. The normalized spacial score (nSPS) is 10.6. The molecule has 0 bridgehead atoms. The molecule has 0 rings (SSSR count). The molecule has 100 valence electrons. The number of nitrogens with zero attached hydrogens (tertiary/aromatic N) is 2. The van der Waals surface area contributed by atoms with Crippen molar-refractivity contribution >= 4 is 0 Å². The van der Waals surface area contributed by atoms with E-state index in [1.165, 1.54) is 0 Å². The molecule has 0 radical (unpaired) electrons. The van der Waals surface area contributed by atoms with Gasteiger partial charge < -0.3 is 4.74 Å². The molecule has 18 heavy (non-hydrogen) atoms. The van der Waals surface area contributed by atoms with Gasteiger partial charge in [-0.3, -0.25) is 0 Å². The first kappa shape index (κ1) is 16.7. The van der Waals surface area contributed by atoms with Crippen molar-refractivity contribution in [2.45, 2.75) is 51.9 Å². The molecule has 3 nitrogen and oxygen atoms in total. The lowest BCUT2D eigenvalue weighted by Crippen LogP contribution is -2.23. The first-order valence-corrected chi connectivity index (χ1v) is 6.67. The van der Waals surface area contributed by atoms with Crippen LogP contribution in [-0.4, -0.2) is 13.2 Å². The zero-order valence-corrected chi connectivity index (χ0v) is 11.5. The third-order valence-electron chi connectivity index (χ3n) is 3.33. The van der Waals surface area contributed by atoms with Crippen molar-refractivity contribution in [3.05, 3.63) is 12.7 Å². The van der Waals surface area contributed by atoms with E-state index in [9.17, 15) is 0 Å². The quantitative estimate of drug-likeness (QED) is 0.410. The minimum absolute atomic E-state index is 0.0986. The Morgan fingerprint density at radius 1 is 1.11 bits per heavy atom. The maximum Gasteiger partial charge on any atom is 0.0644 e. The predicted molar refractivity (Wildman–Crippen MR) is 72.7 cm³/mol. The van der Waals surface area contributed by atoms with Crippen LogP contribution in [0, 0.1) is 28.1 Å². The van der Waals surface area contributed by atoms with Crippen molar-refractivity contribution in [2.24, 2.45) is 5.41 Å². The predicted octanol–water partition coefficient (Wildman–Crippen LogP) is 3.97. The molecule has 0 heterocycles. The van der Waals surface area contributed by atoms with Crippen molar-refractivity contribution in [3.8, 4) is 12.1 Å². The highest BCUT2D eigenvalue weighted by atomic mass is 16.5. The minimum atomic E-state index is 0.0986. The summed E-state index contributed by atoms with van der Waals surface area (Å²) in [5.74, 6) is 0. The monoisotopic (exact) mass is 248 g/mol. The maximum absolute atomic E-state index is 8.77. The Bertz CT molecular complexity index is 281. The van der Waals surface area contributed by atoms with Crippen LogP contribution in [0.25, 0.3) is 0 Å². The standard InChI is InChI=1S/C15H24N2O/c1-3-7-15(8-5-11-16,9-6-12-17)10-14-18-13-4-2/h4H,2-3,5-10,13-14H2,1H3. The van der Waals surface area contributed by atoms with Crippen LogP contribution in [0.4, 0.5) is 0 Å². The molecule has 0 unspecified atom stereocenters. The second-order valence-electron chi connectivity index (χ2n) is 4.68. The number of rotatable bonds is 11. The van der Waals surface area contributed by atoms with Crippen LogP contribution in [0.1, 0.15) is 51.9 Å². The number of hydrogen-bond donors (Lipinski definition) is 0. The average molecular weight is 248 g/mol. The van der Waals surface area contributed by atoms with E-state index in [4.69, 9.17) is 15.3 Å². The van der Waals surface area contributed by atoms with E-state index in [0.717, 1.165) is 32.1 Å². The third kappa shape index (κ3) is 7.09. The lowest BCUT2D eigenvalue weighted by atomic mass is 9.73. The van der Waals surface area contributed by atoms with Crippen LogP contribution >= 0.6 is 0 Å². The summed E-state index contributed by atoms with van der Waals surface area (Å²) in [5.41, 5.74) is 0.0986. The van der Waals surface area contributed by atoms with Crippen molar-refractivity contribution in [1.29, 1.82) is 10.5 Å². The van der Waals surface area contributed by atoms with Crippen LogP contribution in [0.2, 0.25) is 0 Å². The highest BCUT2D eigenvalue weighted by Gasteiger charge is 2.28. The smallest absolute Gasteiger partial charge is 0.0644 e. The molecule has 0 spiro atoms. The van der Waals surface area contributed by atoms with Gasteiger partial charge in [-0.2, -0.15) is 10.5 Å². The molecule has 0 atom stereocenters. The van der Waals surface area contributed by atoms with Gasteiger partial charge in [0.25, 0.3) is 0 Å². The molecule has 0 saturated heterocycles. The van der Waals surface area contributed by atoms with E-state index in [1.54, 1.807) is 6.08 Å². The lowest BCUT2D eigenvalue weighted by molar-refractivity contribution is 0.0963. The number of ether oxygens (including phenoxy) is 1. The summed E-state index contributed by atoms with van der Waals surface area (Å²) in [5, 5.41) is 17.5. The minimum Gasteiger partial charge on any atom is -0.377 e. The average Bonchev–Trinajstić information content (AvgIpc) is 2.39. The molecule has 0 aromatic rings. The fraction of sp³-hybridized carbons (Fsp3) is 0.733. The summed E-state index contributed by atoms with van der Waals surface area (Å²) < 4.78 is 5.46. The van der Waals surface area contributed by atoms with Gasteiger partial charge in [0.15, 0.2) is 0 Å². The van der Waals surface area contributed by atoms with Gasteiger partial charge in [0.2, 0.25) is 0 Å². The van der Waals surface area contributed by atoms with Gasteiger partial charge in [0, 0.05) is 19.4 Å².